The fourth-order valence-corrected chi connectivity index (χ4v) is 2.08. The maximum atomic E-state index is 11.8. The molecule has 0 radical (unpaired) electrons. The Kier molecular flexibility index (Phi) is 7.03. The minimum atomic E-state index is -1.40. The van der Waals surface area contributed by atoms with Gasteiger partial charge in [-0.2, -0.15) is 0 Å². The summed E-state index contributed by atoms with van der Waals surface area (Å²) in [6.45, 7) is 3.22. The van der Waals surface area contributed by atoms with E-state index in [0.29, 0.717) is 0 Å². The lowest BCUT2D eigenvalue weighted by Crippen LogP contribution is -2.54. The highest BCUT2D eigenvalue weighted by Gasteiger charge is 2.42. The number of ether oxygens (including phenoxy) is 3. The van der Waals surface area contributed by atoms with Gasteiger partial charge in [0.1, 0.15) is 18.3 Å². The molecule has 1 rings (SSSR count). The second-order valence-electron chi connectivity index (χ2n) is 4.71. The number of carbonyl (C=O) groups is 2. The van der Waals surface area contributed by atoms with Crippen molar-refractivity contribution in [1.29, 1.82) is 0 Å². The first-order valence-corrected chi connectivity index (χ1v) is 6.91. The van der Waals surface area contributed by atoms with E-state index in [1.807, 2.05) is 0 Å². The zero-order valence-corrected chi connectivity index (χ0v) is 12.1. The highest BCUT2D eigenvalue weighted by molar-refractivity contribution is 5.94. The molecule has 4 atom stereocenters. The van der Waals surface area contributed by atoms with Gasteiger partial charge < -0.3 is 29.5 Å². The van der Waals surface area contributed by atoms with Crippen molar-refractivity contribution in [2.24, 2.45) is 5.92 Å². The summed E-state index contributed by atoms with van der Waals surface area (Å²) in [5.74, 6) is -2.79. The Bertz CT molecular complexity index is 340. The van der Waals surface area contributed by atoms with Crippen LogP contribution in [0.4, 0.5) is 0 Å². The summed E-state index contributed by atoms with van der Waals surface area (Å²) in [5.41, 5.74) is 0. The van der Waals surface area contributed by atoms with Crippen LogP contribution in [0.3, 0.4) is 0 Å². The van der Waals surface area contributed by atoms with E-state index >= 15 is 0 Å². The van der Waals surface area contributed by atoms with Crippen molar-refractivity contribution < 1.29 is 39.1 Å². The molecule has 3 N–H and O–H groups in total. The molecule has 0 saturated carbocycles. The number of rotatable bonds is 6. The van der Waals surface area contributed by atoms with Crippen molar-refractivity contribution >= 4 is 11.9 Å². The van der Waals surface area contributed by atoms with Crippen molar-refractivity contribution in [2.45, 2.75) is 44.7 Å². The van der Waals surface area contributed by atoms with E-state index in [9.17, 15) is 24.9 Å². The van der Waals surface area contributed by atoms with Crippen LogP contribution in [0.1, 0.15) is 20.3 Å². The van der Waals surface area contributed by atoms with E-state index in [-0.39, 0.29) is 26.2 Å². The lowest BCUT2D eigenvalue weighted by Gasteiger charge is -2.36. The van der Waals surface area contributed by atoms with Crippen LogP contribution in [0.2, 0.25) is 0 Å². The molecular weight excluding hydrogens is 284 g/mol. The molecule has 0 aliphatic carbocycles. The molecular formula is C13H22O8. The lowest BCUT2D eigenvalue weighted by atomic mass is 9.92. The Morgan fingerprint density at radius 3 is 2.10 bits per heavy atom. The summed E-state index contributed by atoms with van der Waals surface area (Å²) in [7, 11) is 0. The van der Waals surface area contributed by atoms with Crippen molar-refractivity contribution in [2.75, 3.05) is 19.8 Å². The molecule has 8 nitrogen and oxygen atoms in total. The van der Waals surface area contributed by atoms with Crippen LogP contribution in [0.15, 0.2) is 0 Å². The average Bonchev–Trinajstić information content (AvgIpc) is 2.44. The fourth-order valence-electron chi connectivity index (χ4n) is 2.08. The van der Waals surface area contributed by atoms with Gasteiger partial charge in [-0.1, -0.05) is 0 Å². The maximum absolute atomic E-state index is 11.8. The Balaban J connectivity index is 2.76. The van der Waals surface area contributed by atoms with Crippen LogP contribution < -0.4 is 0 Å². The standard InChI is InChI=1S/C13H22O8/c1-3-19-12(17)7(13(18)20-4-2)5-9-11(16)10(15)8(14)6-21-9/h7-11,14-16H,3-6H2,1-2H3/t8-,9-,10-,11-/m1/s1. The van der Waals surface area contributed by atoms with Crippen molar-refractivity contribution in [3.63, 3.8) is 0 Å². The van der Waals surface area contributed by atoms with Gasteiger partial charge in [0.25, 0.3) is 0 Å². The van der Waals surface area contributed by atoms with Gasteiger partial charge >= 0.3 is 11.9 Å². The zero-order chi connectivity index (χ0) is 16.0. The first-order chi connectivity index (χ1) is 9.92. The molecule has 1 aliphatic rings. The first kappa shape index (κ1) is 17.8. The minimum absolute atomic E-state index is 0.101. The number of hydrogen-bond acceptors (Lipinski definition) is 8. The molecule has 8 heteroatoms. The molecule has 0 bridgehead atoms. The monoisotopic (exact) mass is 306 g/mol. The topological polar surface area (TPSA) is 123 Å². The summed E-state index contributed by atoms with van der Waals surface area (Å²) in [4.78, 5) is 23.6. The number of carbonyl (C=O) groups excluding carboxylic acids is 2. The van der Waals surface area contributed by atoms with E-state index in [0.717, 1.165) is 0 Å². The summed E-state index contributed by atoms with van der Waals surface area (Å²) in [5, 5.41) is 28.8. The average molecular weight is 306 g/mol. The first-order valence-electron chi connectivity index (χ1n) is 6.91. The second kappa shape index (κ2) is 8.28. The van der Waals surface area contributed by atoms with Crippen molar-refractivity contribution in [1.82, 2.24) is 0 Å². The highest BCUT2D eigenvalue weighted by Crippen LogP contribution is 2.23. The maximum Gasteiger partial charge on any atom is 0.320 e. The summed E-state index contributed by atoms with van der Waals surface area (Å²) < 4.78 is 14.8. The number of aliphatic hydroxyl groups is 3. The van der Waals surface area contributed by atoms with Crippen LogP contribution >= 0.6 is 0 Å². The molecule has 122 valence electrons. The highest BCUT2D eigenvalue weighted by atomic mass is 16.6. The van der Waals surface area contributed by atoms with Gasteiger partial charge in [-0.05, 0) is 13.8 Å². The third-order valence-corrected chi connectivity index (χ3v) is 3.22. The van der Waals surface area contributed by atoms with Crippen LogP contribution in [0.5, 0.6) is 0 Å². The van der Waals surface area contributed by atoms with Crippen LogP contribution in [0, 0.1) is 5.92 Å². The minimum Gasteiger partial charge on any atom is -0.465 e. The van der Waals surface area contributed by atoms with Gasteiger partial charge in [-0.25, -0.2) is 0 Å². The SMILES string of the molecule is CCOC(=O)C(C[C@H]1OC[C@@H](O)[C@@H](O)[C@@H]1O)C(=O)OCC. The largest absolute Gasteiger partial charge is 0.465 e. The lowest BCUT2D eigenvalue weighted by molar-refractivity contribution is -0.195. The number of hydrogen-bond donors (Lipinski definition) is 3. The van der Waals surface area contributed by atoms with Crippen LogP contribution in [-0.4, -0.2) is 71.5 Å². The van der Waals surface area contributed by atoms with E-state index in [2.05, 4.69) is 0 Å². The van der Waals surface area contributed by atoms with Gasteiger partial charge in [0.15, 0.2) is 5.92 Å². The summed E-state index contributed by atoms with van der Waals surface area (Å²) in [6.07, 6.45) is -5.17. The van der Waals surface area contributed by atoms with Gasteiger partial charge in [0.05, 0.1) is 25.9 Å². The van der Waals surface area contributed by atoms with E-state index in [4.69, 9.17) is 14.2 Å². The summed E-state index contributed by atoms with van der Waals surface area (Å²) in [6, 6.07) is 0. The second-order valence-corrected chi connectivity index (χ2v) is 4.71. The number of aliphatic hydroxyl groups excluding tert-OH is 3. The molecule has 0 aromatic rings. The zero-order valence-electron chi connectivity index (χ0n) is 12.1. The van der Waals surface area contributed by atoms with E-state index in [1.54, 1.807) is 13.8 Å². The molecule has 1 heterocycles. The Morgan fingerprint density at radius 2 is 1.62 bits per heavy atom. The molecule has 0 unspecified atom stereocenters. The Labute approximate surface area is 122 Å². The fraction of sp³-hybridized carbons (Fsp3) is 0.846. The smallest absolute Gasteiger partial charge is 0.320 e. The predicted octanol–water partition coefficient (Wildman–Crippen LogP) is -1.40. The third kappa shape index (κ3) is 4.63. The van der Waals surface area contributed by atoms with E-state index < -0.39 is 42.3 Å². The van der Waals surface area contributed by atoms with Gasteiger partial charge in [0, 0.05) is 6.42 Å². The molecule has 0 aromatic heterocycles. The van der Waals surface area contributed by atoms with E-state index in [1.165, 1.54) is 0 Å². The third-order valence-electron chi connectivity index (χ3n) is 3.22. The van der Waals surface area contributed by atoms with Crippen LogP contribution in [0.25, 0.3) is 0 Å². The summed E-state index contributed by atoms with van der Waals surface area (Å²) >= 11 is 0. The molecule has 1 fully saturated rings. The Morgan fingerprint density at radius 1 is 1.10 bits per heavy atom. The molecule has 1 saturated heterocycles. The molecule has 0 amide bonds. The normalized spacial score (nSPS) is 29.2. The molecule has 21 heavy (non-hydrogen) atoms. The van der Waals surface area contributed by atoms with Gasteiger partial charge in [0.2, 0.25) is 0 Å². The van der Waals surface area contributed by atoms with Crippen molar-refractivity contribution in [3.8, 4) is 0 Å². The Hall–Kier alpha value is -1.22. The quantitative estimate of drug-likeness (QED) is 0.404. The molecule has 1 aliphatic heterocycles. The van der Waals surface area contributed by atoms with Crippen LogP contribution in [-0.2, 0) is 23.8 Å². The molecule has 0 spiro atoms. The number of esters is 2. The van der Waals surface area contributed by atoms with Gasteiger partial charge in [-0.3, -0.25) is 9.59 Å². The molecule has 0 aromatic carbocycles. The predicted molar refractivity (Wildman–Crippen MR) is 69.1 cm³/mol. The van der Waals surface area contributed by atoms with Crippen molar-refractivity contribution in [3.05, 3.63) is 0 Å². The van der Waals surface area contributed by atoms with Gasteiger partial charge in [-0.15, -0.1) is 0 Å².